The number of hydrogen-bond acceptors (Lipinski definition) is 23. The van der Waals surface area contributed by atoms with Crippen molar-refractivity contribution in [1.82, 2.24) is 0 Å². The second kappa shape index (κ2) is 44.8. The molecule has 0 saturated heterocycles. The molecular formula is C82H56BBr4F11N12O18S. The molecule has 10 N–H and O–H groups in total. The lowest BCUT2D eigenvalue weighted by Crippen LogP contribution is -2.32. The van der Waals surface area contributed by atoms with Gasteiger partial charge in [-0.3, -0.25) is 70.8 Å². The average molecular weight is 2070 g/mol. The standard InChI is InChI=1S/C22H17BrF2N2O4S.C18H12BrF2N3O2.C12H6F2N2O4.C12H10F2N2.C6H5BF2O2.C6H3BrFNO2.C6H3BrN2O4/c23-15-1-6-21(22(10-15)27(28)29)26-17-8-13(12-32(30,31)18-3-4-18)7-14(9-17)19-5-2-16(24)11-20(19)25;19-11-1-4-17(18(7-11)24(25)26)23-14-6-10(5-13(22)9-14)15-3-2-12(20)8-16(15)21;13-8-1-2-11(12(14)5-8)7-3-9(15(17)18)6-10(4-7)16(19)20;13-8-1-2-11(12(14)5-8)7-3-9(15)6-10(16)4-7;8-4-1-2-5(7(10)11)6(9)3-4;7-4-1-2-5(8)6(3-4)9(10)11;7-4-1-5(8(10)11)3-6(2-4)9(12)13/h1-2,5-11,18,26H,3-4,12H2;1-9,23H,22H2;1-6H;1-6H,15-16H2;1-3,10-11H;1-3H;1-3H. The van der Waals surface area contributed by atoms with E-state index in [4.69, 9.17) is 27.2 Å². The van der Waals surface area contributed by atoms with E-state index in [-0.39, 0.29) is 78.4 Å². The Bertz CT molecular complexity index is 6550. The number of nitro groups is 7. The zero-order valence-corrected chi connectivity index (χ0v) is 71.8. The maximum absolute atomic E-state index is 14.4. The Morgan fingerprint density at radius 2 is 0.651 bits per heavy atom. The van der Waals surface area contributed by atoms with Crippen molar-refractivity contribution in [2.45, 2.75) is 23.8 Å². The van der Waals surface area contributed by atoms with Gasteiger partial charge in [-0.05, 0) is 186 Å². The monoisotopic (exact) mass is 2060 g/mol. The number of non-ortho nitro benzene ring substituents is 4. The first-order chi connectivity index (χ1) is 60.6. The molecular weight excluding hydrogens is 2010 g/mol. The van der Waals surface area contributed by atoms with E-state index in [1.54, 1.807) is 54.6 Å². The number of halogens is 15. The van der Waals surface area contributed by atoms with Gasteiger partial charge in [0.05, 0.1) is 57.6 Å². The Hall–Kier alpha value is -14.3. The summed E-state index contributed by atoms with van der Waals surface area (Å²) in [4.78, 5) is 70.0. The van der Waals surface area contributed by atoms with Gasteiger partial charge in [0.1, 0.15) is 69.5 Å². The van der Waals surface area contributed by atoms with Gasteiger partial charge in [0.25, 0.3) is 34.1 Å². The van der Waals surface area contributed by atoms with E-state index in [2.05, 4.69) is 74.4 Å². The summed E-state index contributed by atoms with van der Waals surface area (Å²) < 4.78 is 172. The van der Waals surface area contributed by atoms with Gasteiger partial charge in [-0.1, -0.05) is 69.8 Å². The van der Waals surface area contributed by atoms with Crippen LogP contribution in [0.25, 0.3) is 44.5 Å². The third-order valence-electron chi connectivity index (χ3n) is 17.1. The predicted octanol–water partition coefficient (Wildman–Crippen LogP) is 22.4. The normalized spacial score (nSPS) is 11.0. The fourth-order valence-electron chi connectivity index (χ4n) is 11.3. The maximum Gasteiger partial charge on any atom is 0.491 e. The molecule has 13 aromatic rings. The number of rotatable bonds is 19. The fourth-order valence-corrected chi connectivity index (χ4v) is 14.5. The molecule has 1 fully saturated rings. The van der Waals surface area contributed by atoms with Crippen LogP contribution in [-0.2, 0) is 15.6 Å². The lowest BCUT2D eigenvalue weighted by atomic mass is 9.80. The number of hydrogen-bond donors (Lipinski definition) is 7. The van der Waals surface area contributed by atoms with Gasteiger partial charge in [0.2, 0.25) is 5.82 Å². The smallest absolute Gasteiger partial charge is 0.423 e. The van der Waals surface area contributed by atoms with Crippen molar-refractivity contribution in [2.24, 2.45) is 0 Å². The van der Waals surface area contributed by atoms with Crippen LogP contribution in [0, 0.1) is 135 Å². The summed E-state index contributed by atoms with van der Waals surface area (Å²) in [6.07, 6.45) is 1.23. The van der Waals surface area contributed by atoms with Crippen molar-refractivity contribution in [3.05, 3.63) is 395 Å². The quantitative estimate of drug-likeness (QED) is 0.0130. The highest BCUT2D eigenvalue weighted by Crippen LogP contribution is 2.40. The molecule has 1 aliphatic carbocycles. The third kappa shape index (κ3) is 29.4. The van der Waals surface area contributed by atoms with Crippen LogP contribution < -0.4 is 33.3 Å². The molecule has 1 aliphatic rings. The first kappa shape index (κ1) is 100. The van der Waals surface area contributed by atoms with Gasteiger partial charge < -0.3 is 37.9 Å². The maximum atomic E-state index is 14.4. The lowest BCUT2D eigenvalue weighted by Gasteiger charge is -2.13. The Balaban J connectivity index is 0.000000193. The van der Waals surface area contributed by atoms with Crippen LogP contribution in [0.1, 0.15) is 18.4 Å². The van der Waals surface area contributed by atoms with Gasteiger partial charge >= 0.3 is 12.8 Å². The number of nitrogens with two attached hydrogens (primary N) is 3. The average Bonchev–Trinajstić information content (AvgIpc) is 1.46. The SMILES string of the molecule is Nc1cc(N)cc(-c2ccc(F)cc2F)c1.Nc1cc(Nc2ccc(Br)cc2[N+](=O)[O-])cc(-c2ccc(F)cc2F)c1.O=[N+]([O-])c1cc(-c2ccc(F)cc2F)cc([N+](=O)[O-])c1.O=[N+]([O-])c1cc(Br)cc([N+](=O)[O-])c1.O=[N+]([O-])c1cc(Br)ccc1F.O=[N+]([O-])c1cc(Br)ccc1Nc1cc(CS(=O)(=O)C2CC2)cc(-c2ccc(F)cc2F)c1.OB(O)c1ccc(F)cc1F. The first-order valence-corrected chi connectivity index (χ1v) is 40.6. The van der Waals surface area contributed by atoms with E-state index >= 15 is 0 Å². The molecule has 666 valence electrons. The largest absolute Gasteiger partial charge is 0.491 e. The molecule has 0 radical (unpaired) electrons. The van der Waals surface area contributed by atoms with Crippen LogP contribution in [0.4, 0.5) is 128 Å². The molecule has 0 atom stereocenters. The van der Waals surface area contributed by atoms with Crippen molar-refractivity contribution >= 4 is 166 Å². The third-order valence-corrected chi connectivity index (χ3v) is 21.3. The first-order valence-electron chi connectivity index (χ1n) is 35.7. The van der Waals surface area contributed by atoms with Crippen molar-refractivity contribution in [3.8, 4) is 44.5 Å². The zero-order chi connectivity index (χ0) is 95.3. The van der Waals surface area contributed by atoms with Gasteiger partial charge in [-0.25, -0.2) is 52.3 Å². The Morgan fingerprint density at radius 1 is 0.333 bits per heavy atom. The van der Waals surface area contributed by atoms with Crippen molar-refractivity contribution < 1.29 is 101 Å². The number of nitrogen functional groups attached to an aromatic ring is 3. The molecule has 30 nitrogen and oxygen atoms in total. The van der Waals surface area contributed by atoms with Crippen molar-refractivity contribution in [1.29, 1.82) is 0 Å². The van der Waals surface area contributed by atoms with Gasteiger partial charge in [-0.15, -0.1) is 0 Å². The summed E-state index contributed by atoms with van der Waals surface area (Å²) in [5, 5.41) is 97.3. The summed E-state index contributed by atoms with van der Waals surface area (Å²) in [6.45, 7) is 0. The molecule has 0 bridgehead atoms. The molecule has 0 aliphatic heterocycles. The molecule has 1 saturated carbocycles. The van der Waals surface area contributed by atoms with E-state index in [9.17, 15) is 128 Å². The lowest BCUT2D eigenvalue weighted by molar-refractivity contribution is -0.394. The molecule has 0 amide bonds. The molecule has 0 unspecified atom stereocenters. The number of nitrogens with one attached hydrogen (secondary N) is 2. The van der Waals surface area contributed by atoms with Gasteiger partial charge in [0.15, 0.2) is 9.84 Å². The van der Waals surface area contributed by atoms with E-state index < -0.39 is 132 Å². The van der Waals surface area contributed by atoms with Crippen LogP contribution in [0.15, 0.2) is 254 Å². The number of anilines is 7. The van der Waals surface area contributed by atoms with Crippen LogP contribution in [0.2, 0.25) is 0 Å². The molecule has 129 heavy (non-hydrogen) atoms. The molecule has 0 spiro atoms. The summed E-state index contributed by atoms with van der Waals surface area (Å²) >= 11 is 12.3. The summed E-state index contributed by atoms with van der Waals surface area (Å²) in [7, 11) is -5.26. The summed E-state index contributed by atoms with van der Waals surface area (Å²) in [5.41, 5.74) is 18.7. The van der Waals surface area contributed by atoms with Gasteiger partial charge in [-0.2, -0.15) is 4.39 Å². The second-order valence-corrected chi connectivity index (χ2v) is 32.5. The fraction of sp³-hybridized carbons (Fsp3) is 0.0488. The highest BCUT2D eigenvalue weighted by Gasteiger charge is 2.36. The minimum Gasteiger partial charge on any atom is -0.423 e. The number of benzene rings is 13. The van der Waals surface area contributed by atoms with Crippen LogP contribution >= 0.6 is 63.7 Å². The van der Waals surface area contributed by atoms with E-state index in [1.165, 1.54) is 78.9 Å². The van der Waals surface area contributed by atoms with Crippen molar-refractivity contribution in [3.63, 3.8) is 0 Å². The highest BCUT2D eigenvalue weighted by molar-refractivity contribution is 9.11. The Labute approximate surface area is 753 Å². The van der Waals surface area contributed by atoms with Crippen molar-refractivity contribution in [2.75, 3.05) is 27.8 Å². The van der Waals surface area contributed by atoms with Crippen LogP contribution in [0.5, 0.6) is 0 Å². The highest BCUT2D eigenvalue weighted by atomic mass is 79.9. The number of nitro benzene ring substituents is 7. The van der Waals surface area contributed by atoms with E-state index in [0.29, 0.717) is 93.6 Å². The topological polar surface area (TPSA) is 479 Å². The Kier molecular flexibility index (Phi) is 34.7. The summed E-state index contributed by atoms with van der Waals surface area (Å²) in [6, 6.07) is 47.6. The molecule has 0 heterocycles. The minimum absolute atomic E-state index is 0.0663. The zero-order valence-electron chi connectivity index (χ0n) is 64.7. The second-order valence-electron chi connectivity index (χ2n) is 26.6. The predicted molar refractivity (Wildman–Crippen MR) is 472 cm³/mol. The van der Waals surface area contributed by atoms with Crippen LogP contribution in [-0.4, -0.2) is 65.3 Å². The minimum atomic E-state index is -3.37. The number of nitrogens with zero attached hydrogens (tertiary/aromatic N) is 7. The van der Waals surface area contributed by atoms with Crippen LogP contribution in [0.3, 0.4) is 0 Å². The van der Waals surface area contributed by atoms with E-state index in [1.807, 2.05) is 0 Å². The molecule has 47 heteroatoms. The summed E-state index contributed by atoms with van der Waals surface area (Å²) in [5.74, 6) is -8.73. The number of sulfone groups is 1. The Morgan fingerprint density at radius 3 is 0.992 bits per heavy atom. The molecule has 0 aromatic heterocycles. The van der Waals surface area contributed by atoms with Gasteiger partial charge in [0, 0.05) is 147 Å². The molecule has 13 aromatic carbocycles. The van der Waals surface area contributed by atoms with E-state index in [0.717, 1.165) is 91.0 Å². The molecule has 14 rings (SSSR count).